The standard InChI is InChI=1S/C28H27N5O4/c1-16(18-3-4-18)36-28(34)30-20-7-5-19(6-8-20)27-24(14-29)23-12-11-22(13-25(23)33(27)21-9-10-21)35-15-26-32-31-17(2)37-26/h5-8,11-13,16,18,21H,3-4,9-10,15H2,1-2H3,(H,30,34). The van der Waals surface area contributed by atoms with Crippen molar-refractivity contribution < 1.29 is 18.7 Å². The number of aryl methyl sites for hydroxylation is 1. The van der Waals surface area contributed by atoms with Crippen LogP contribution in [0.1, 0.15) is 56.0 Å². The number of carbonyl (C=O) groups excluding carboxylic acids is 1. The van der Waals surface area contributed by atoms with Crippen LogP contribution in [0.3, 0.4) is 0 Å². The van der Waals surface area contributed by atoms with E-state index in [1.807, 2.05) is 49.4 Å². The van der Waals surface area contributed by atoms with Crippen LogP contribution in [0.5, 0.6) is 5.75 Å². The molecule has 0 aliphatic heterocycles. The minimum Gasteiger partial charge on any atom is -0.484 e. The lowest BCUT2D eigenvalue weighted by Crippen LogP contribution is -2.21. The topological polar surface area (TPSA) is 115 Å². The molecule has 2 aromatic carbocycles. The maximum Gasteiger partial charge on any atom is 0.411 e. The van der Waals surface area contributed by atoms with Crippen molar-refractivity contribution in [2.24, 2.45) is 5.92 Å². The van der Waals surface area contributed by atoms with E-state index in [2.05, 4.69) is 26.2 Å². The highest BCUT2D eigenvalue weighted by atomic mass is 16.6. The summed E-state index contributed by atoms with van der Waals surface area (Å²) < 4.78 is 19.0. The van der Waals surface area contributed by atoms with E-state index >= 15 is 0 Å². The van der Waals surface area contributed by atoms with Gasteiger partial charge in [0.25, 0.3) is 5.89 Å². The molecule has 0 bridgehead atoms. The van der Waals surface area contributed by atoms with E-state index in [9.17, 15) is 10.1 Å². The van der Waals surface area contributed by atoms with E-state index in [4.69, 9.17) is 13.9 Å². The quantitative estimate of drug-likeness (QED) is 0.311. The molecule has 2 aliphatic rings. The predicted octanol–water partition coefficient (Wildman–Crippen LogP) is 6.13. The highest BCUT2D eigenvalue weighted by Gasteiger charge is 2.32. The molecule has 2 fully saturated rings. The van der Waals surface area contributed by atoms with Crippen LogP contribution in [-0.4, -0.2) is 27.0 Å². The second-order valence-corrected chi connectivity index (χ2v) is 9.77. The van der Waals surface area contributed by atoms with Crippen molar-refractivity contribution in [3.63, 3.8) is 0 Å². The van der Waals surface area contributed by atoms with E-state index in [-0.39, 0.29) is 12.7 Å². The second-order valence-electron chi connectivity index (χ2n) is 9.77. The maximum absolute atomic E-state index is 12.3. The molecular weight excluding hydrogens is 470 g/mol. The third-order valence-electron chi connectivity index (χ3n) is 6.91. The SMILES string of the molecule is Cc1nnc(COc2ccc3c(C#N)c(-c4ccc(NC(=O)OC(C)C5CC5)cc4)n(C4CC4)c3c2)o1. The zero-order chi connectivity index (χ0) is 25.5. The van der Waals surface area contributed by atoms with Gasteiger partial charge in [0.05, 0.1) is 16.8 Å². The fraction of sp³-hybridized carbons (Fsp3) is 0.357. The second kappa shape index (κ2) is 9.28. The third kappa shape index (κ3) is 4.75. The molecule has 2 aliphatic carbocycles. The van der Waals surface area contributed by atoms with Crippen molar-refractivity contribution in [2.75, 3.05) is 5.32 Å². The van der Waals surface area contributed by atoms with Gasteiger partial charge in [0.15, 0.2) is 6.61 Å². The van der Waals surface area contributed by atoms with Crippen LogP contribution in [0.25, 0.3) is 22.2 Å². The average molecular weight is 498 g/mol. The molecule has 1 atom stereocenters. The van der Waals surface area contributed by atoms with Gasteiger partial charge in [-0.3, -0.25) is 5.32 Å². The summed E-state index contributed by atoms with van der Waals surface area (Å²) in [6.07, 6.45) is 3.82. The number of hydrogen-bond acceptors (Lipinski definition) is 7. The van der Waals surface area contributed by atoms with Crippen LogP contribution in [-0.2, 0) is 11.3 Å². The highest BCUT2D eigenvalue weighted by Crippen LogP contribution is 2.45. The van der Waals surface area contributed by atoms with Gasteiger partial charge < -0.3 is 18.5 Å². The van der Waals surface area contributed by atoms with Gasteiger partial charge in [-0.1, -0.05) is 12.1 Å². The minimum absolute atomic E-state index is 0.0725. The van der Waals surface area contributed by atoms with Gasteiger partial charge in [-0.15, -0.1) is 10.2 Å². The summed E-state index contributed by atoms with van der Waals surface area (Å²) >= 11 is 0. The molecule has 2 heterocycles. The van der Waals surface area contributed by atoms with Crippen LogP contribution in [0.2, 0.25) is 0 Å². The van der Waals surface area contributed by atoms with E-state index in [0.29, 0.717) is 40.7 Å². The summed E-state index contributed by atoms with van der Waals surface area (Å²) in [5, 5.41) is 21.6. The molecular formula is C28H27N5O4. The molecule has 1 amide bonds. The molecule has 188 valence electrons. The minimum atomic E-state index is -0.444. The fourth-order valence-electron chi connectivity index (χ4n) is 4.72. The average Bonchev–Trinajstić information content (AvgIpc) is 3.83. The zero-order valence-corrected chi connectivity index (χ0v) is 20.7. The smallest absolute Gasteiger partial charge is 0.411 e. The van der Waals surface area contributed by atoms with Gasteiger partial charge in [-0.05, 0) is 68.4 Å². The predicted molar refractivity (Wildman–Crippen MR) is 136 cm³/mol. The van der Waals surface area contributed by atoms with E-state index in [1.165, 1.54) is 0 Å². The number of fused-ring (bicyclic) bond motifs is 1. The molecule has 0 radical (unpaired) electrons. The first-order valence-corrected chi connectivity index (χ1v) is 12.6. The summed E-state index contributed by atoms with van der Waals surface area (Å²) in [5.74, 6) is 2.05. The lowest BCUT2D eigenvalue weighted by atomic mass is 10.1. The molecule has 37 heavy (non-hydrogen) atoms. The van der Waals surface area contributed by atoms with Gasteiger partial charge in [-0.2, -0.15) is 5.26 Å². The molecule has 2 aromatic heterocycles. The number of carbonyl (C=O) groups is 1. The molecule has 9 nitrogen and oxygen atoms in total. The van der Waals surface area contributed by atoms with Crippen molar-refractivity contribution in [3.05, 3.63) is 59.8 Å². The normalized spacial score (nSPS) is 15.8. The number of nitrogens with one attached hydrogen (secondary N) is 1. The highest BCUT2D eigenvalue weighted by molar-refractivity contribution is 5.96. The monoisotopic (exact) mass is 497 g/mol. The van der Waals surface area contributed by atoms with Crippen LogP contribution >= 0.6 is 0 Å². The third-order valence-corrected chi connectivity index (χ3v) is 6.91. The summed E-state index contributed by atoms with van der Waals surface area (Å²) in [5.41, 5.74) is 4.01. The number of hydrogen-bond donors (Lipinski definition) is 1. The Kier molecular flexibility index (Phi) is 5.80. The summed E-state index contributed by atoms with van der Waals surface area (Å²) in [6, 6.07) is 16.0. The molecule has 1 N–H and O–H groups in total. The Bertz CT molecular complexity index is 1510. The van der Waals surface area contributed by atoms with Gasteiger partial charge >= 0.3 is 6.09 Å². The van der Waals surface area contributed by atoms with Gasteiger partial charge in [0, 0.05) is 30.1 Å². The maximum atomic E-state index is 12.3. The first kappa shape index (κ1) is 23.1. The molecule has 9 heteroatoms. The Morgan fingerprint density at radius 2 is 1.97 bits per heavy atom. The summed E-state index contributed by atoms with van der Waals surface area (Å²) in [6.45, 7) is 3.84. The Morgan fingerprint density at radius 3 is 2.62 bits per heavy atom. The molecule has 0 saturated heterocycles. The fourth-order valence-corrected chi connectivity index (χ4v) is 4.72. The van der Waals surface area contributed by atoms with E-state index in [0.717, 1.165) is 47.8 Å². The Morgan fingerprint density at radius 1 is 1.19 bits per heavy atom. The molecule has 4 aromatic rings. The molecule has 6 rings (SSSR count). The molecule has 1 unspecified atom stereocenters. The van der Waals surface area contributed by atoms with Crippen LogP contribution in [0, 0.1) is 24.2 Å². The Balaban J connectivity index is 1.28. The lowest BCUT2D eigenvalue weighted by Gasteiger charge is -2.14. The first-order chi connectivity index (χ1) is 18.0. The first-order valence-electron chi connectivity index (χ1n) is 12.6. The van der Waals surface area contributed by atoms with Gasteiger partial charge in [0.2, 0.25) is 5.89 Å². The number of ether oxygens (including phenoxy) is 2. The number of amides is 1. The zero-order valence-electron chi connectivity index (χ0n) is 20.7. The van der Waals surface area contributed by atoms with Crippen molar-refractivity contribution in [1.29, 1.82) is 5.26 Å². The van der Waals surface area contributed by atoms with Gasteiger partial charge in [0.1, 0.15) is 17.9 Å². The lowest BCUT2D eigenvalue weighted by molar-refractivity contribution is 0.108. The summed E-state index contributed by atoms with van der Waals surface area (Å²) in [4.78, 5) is 12.3. The Labute approximate surface area is 214 Å². The van der Waals surface area contributed by atoms with Gasteiger partial charge in [-0.25, -0.2) is 4.79 Å². The number of nitriles is 1. The van der Waals surface area contributed by atoms with Crippen LogP contribution < -0.4 is 10.1 Å². The molecule has 2 saturated carbocycles. The van der Waals surface area contributed by atoms with Crippen LogP contribution in [0.4, 0.5) is 10.5 Å². The number of rotatable bonds is 8. The molecule has 0 spiro atoms. The Hall–Kier alpha value is -4.32. The number of aromatic nitrogens is 3. The largest absolute Gasteiger partial charge is 0.484 e. The van der Waals surface area contributed by atoms with Crippen LogP contribution in [0.15, 0.2) is 46.9 Å². The van der Waals surface area contributed by atoms with Crippen molar-refractivity contribution in [3.8, 4) is 23.1 Å². The number of nitrogens with zero attached hydrogens (tertiary/aromatic N) is 4. The van der Waals surface area contributed by atoms with E-state index in [1.54, 1.807) is 6.92 Å². The number of benzene rings is 2. The van der Waals surface area contributed by atoms with E-state index < -0.39 is 6.09 Å². The van der Waals surface area contributed by atoms with Crippen molar-refractivity contribution in [1.82, 2.24) is 14.8 Å². The van der Waals surface area contributed by atoms with Crippen molar-refractivity contribution in [2.45, 2.75) is 58.3 Å². The van der Waals surface area contributed by atoms with Crippen molar-refractivity contribution >= 4 is 22.7 Å². The summed E-state index contributed by atoms with van der Waals surface area (Å²) in [7, 11) is 0. The number of anilines is 1.